The molecule has 4 aromatic rings. The van der Waals surface area contributed by atoms with E-state index < -0.39 is 11.7 Å². The van der Waals surface area contributed by atoms with E-state index in [1.807, 2.05) is 59.2 Å². The van der Waals surface area contributed by atoms with Crippen molar-refractivity contribution in [2.45, 2.75) is 11.7 Å². The van der Waals surface area contributed by atoms with Crippen molar-refractivity contribution >= 4 is 0 Å². The maximum Gasteiger partial charge on any atom is 0.149 e. The van der Waals surface area contributed by atoms with Crippen molar-refractivity contribution in [1.29, 1.82) is 0 Å². The summed E-state index contributed by atoms with van der Waals surface area (Å²) in [5.41, 5.74) is 11.1. The minimum absolute atomic E-state index is 0.231. The van der Waals surface area contributed by atoms with Crippen LogP contribution in [0.5, 0.6) is 0 Å². The van der Waals surface area contributed by atoms with Crippen molar-refractivity contribution in [1.82, 2.24) is 9.55 Å². The van der Waals surface area contributed by atoms with Gasteiger partial charge in [-0.25, -0.2) is 9.37 Å². The predicted octanol–water partition coefficient (Wildman–Crippen LogP) is 6.04. The summed E-state index contributed by atoms with van der Waals surface area (Å²) in [7, 11) is 0. The zero-order valence-corrected chi connectivity index (χ0v) is 16.2. The molecule has 0 saturated carbocycles. The Morgan fingerprint density at radius 1 is 0.867 bits per heavy atom. The van der Waals surface area contributed by atoms with Crippen LogP contribution in [0.1, 0.15) is 28.6 Å². The molecule has 0 N–H and O–H groups in total. The van der Waals surface area contributed by atoms with Gasteiger partial charge in [0.25, 0.3) is 0 Å². The molecule has 0 aliphatic carbocycles. The summed E-state index contributed by atoms with van der Waals surface area (Å²) < 4.78 is 16.5. The molecule has 0 aliphatic rings. The van der Waals surface area contributed by atoms with E-state index in [1.165, 1.54) is 0 Å². The SMILES string of the molecule is [N-]=[N+]=NCC(F)c1cn(C(c2ccccc2)(c2ccccc2)c2ccccc2)cn1. The van der Waals surface area contributed by atoms with Crippen LogP contribution in [-0.2, 0) is 5.54 Å². The molecule has 1 atom stereocenters. The second kappa shape index (κ2) is 8.64. The van der Waals surface area contributed by atoms with Crippen LogP contribution in [0.25, 0.3) is 10.4 Å². The lowest BCUT2D eigenvalue weighted by Gasteiger charge is -2.37. The molecule has 0 amide bonds. The molecule has 0 fully saturated rings. The molecule has 0 spiro atoms. The minimum atomic E-state index is -1.47. The van der Waals surface area contributed by atoms with Gasteiger partial charge in [-0.2, -0.15) is 0 Å². The van der Waals surface area contributed by atoms with Gasteiger partial charge >= 0.3 is 0 Å². The van der Waals surface area contributed by atoms with Crippen LogP contribution >= 0.6 is 0 Å². The monoisotopic (exact) mass is 397 g/mol. The summed E-state index contributed by atoms with van der Waals surface area (Å²) in [6.07, 6.45) is 1.87. The molecule has 30 heavy (non-hydrogen) atoms. The average Bonchev–Trinajstić information content (AvgIpc) is 3.31. The van der Waals surface area contributed by atoms with Gasteiger partial charge in [-0.15, -0.1) is 0 Å². The van der Waals surface area contributed by atoms with E-state index in [0.29, 0.717) is 0 Å². The zero-order chi connectivity index (χ0) is 20.8. The Kier molecular flexibility index (Phi) is 5.59. The fraction of sp³-hybridized carbons (Fsp3) is 0.125. The molecule has 3 aromatic carbocycles. The van der Waals surface area contributed by atoms with Crippen molar-refractivity contribution in [3.63, 3.8) is 0 Å². The molecule has 4 rings (SSSR count). The normalized spacial score (nSPS) is 12.2. The van der Waals surface area contributed by atoms with Crippen molar-refractivity contribution < 1.29 is 4.39 Å². The maximum atomic E-state index is 14.6. The number of nitrogens with zero attached hydrogens (tertiary/aromatic N) is 5. The molecular formula is C24H20FN5. The van der Waals surface area contributed by atoms with E-state index in [4.69, 9.17) is 5.53 Å². The van der Waals surface area contributed by atoms with E-state index >= 15 is 0 Å². The summed E-state index contributed by atoms with van der Waals surface area (Å²) in [5, 5.41) is 3.35. The van der Waals surface area contributed by atoms with Gasteiger partial charge in [-0.3, -0.25) is 0 Å². The predicted molar refractivity (Wildman–Crippen MR) is 115 cm³/mol. The third-order valence-electron chi connectivity index (χ3n) is 5.19. The van der Waals surface area contributed by atoms with Gasteiger partial charge in [-0.05, 0) is 22.2 Å². The van der Waals surface area contributed by atoms with E-state index in [9.17, 15) is 4.39 Å². The smallest absolute Gasteiger partial charge is 0.149 e. The summed E-state index contributed by atoms with van der Waals surface area (Å²) in [6, 6.07) is 30.3. The van der Waals surface area contributed by atoms with Crippen LogP contribution in [0.4, 0.5) is 4.39 Å². The summed E-state index contributed by atoms with van der Waals surface area (Å²) in [4.78, 5) is 6.97. The summed E-state index contributed by atoms with van der Waals surface area (Å²) in [5.74, 6) is 0. The zero-order valence-electron chi connectivity index (χ0n) is 16.2. The number of alkyl halides is 1. The molecule has 0 aliphatic heterocycles. The summed E-state index contributed by atoms with van der Waals surface area (Å²) >= 11 is 0. The topological polar surface area (TPSA) is 66.6 Å². The number of aromatic nitrogens is 2. The number of benzene rings is 3. The first-order valence-corrected chi connectivity index (χ1v) is 9.62. The first-order valence-electron chi connectivity index (χ1n) is 9.62. The van der Waals surface area contributed by atoms with Crippen molar-refractivity contribution in [2.24, 2.45) is 5.11 Å². The van der Waals surface area contributed by atoms with Gasteiger partial charge in [0, 0.05) is 11.1 Å². The Morgan fingerprint density at radius 2 is 1.33 bits per heavy atom. The van der Waals surface area contributed by atoms with Gasteiger partial charge in [0.1, 0.15) is 11.7 Å². The van der Waals surface area contributed by atoms with E-state index in [2.05, 4.69) is 51.4 Å². The van der Waals surface area contributed by atoms with Crippen molar-refractivity contribution in [3.05, 3.63) is 136 Å². The number of halogens is 1. The highest BCUT2D eigenvalue weighted by Gasteiger charge is 2.38. The van der Waals surface area contributed by atoms with Crippen molar-refractivity contribution in [2.75, 3.05) is 6.54 Å². The lowest BCUT2D eigenvalue weighted by Crippen LogP contribution is -2.36. The third-order valence-corrected chi connectivity index (χ3v) is 5.19. The molecule has 0 radical (unpaired) electrons. The van der Waals surface area contributed by atoms with Gasteiger partial charge in [-0.1, -0.05) is 96.1 Å². The Bertz CT molecular complexity index is 1040. The molecular weight excluding hydrogens is 377 g/mol. The molecule has 148 valence electrons. The number of imidazole rings is 1. The van der Waals surface area contributed by atoms with Crippen LogP contribution < -0.4 is 0 Å². The van der Waals surface area contributed by atoms with Gasteiger partial charge in [0.05, 0.1) is 18.6 Å². The Morgan fingerprint density at radius 3 is 1.77 bits per heavy atom. The summed E-state index contributed by atoms with van der Waals surface area (Å²) in [6.45, 7) is -0.289. The molecule has 5 nitrogen and oxygen atoms in total. The lowest BCUT2D eigenvalue weighted by molar-refractivity contribution is 0.345. The molecule has 1 aromatic heterocycles. The highest BCUT2D eigenvalue weighted by molar-refractivity contribution is 5.50. The molecule has 1 unspecified atom stereocenters. The Balaban J connectivity index is 1.99. The van der Waals surface area contributed by atoms with Gasteiger partial charge < -0.3 is 4.57 Å². The number of hydrogen-bond acceptors (Lipinski definition) is 2. The van der Waals surface area contributed by atoms with E-state index in [1.54, 1.807) is 12.5 Å². The van der Waals surface area contributed by atoms with Gasteiger partial charge in [0.2, 0.25) is 0 Å². The van der Waals surface area contributed by atoms with Crippen LogP contribution in [0.2, 0.25) is 0 Å². The fourth-order valence-electron chi connectivity index (χ4n) is 3.87. The van der Waals surface area contributed by atoms with Crippen LogP contribution in [0.3, 0.4) is 0 Å². The molecule has 0 bridgehead atoms. The third kappa shape index (κ3) is 3.45. The van der Waals surface area contributed by atoms with Gasteiger partial charge in [0.15, 0.2) is 0 Å². The van der Waals surface area contributed by atoms with Crippen molar-refractivity contribution in [3.8, 4) is 0 Å². The largest absolute Gasteiger partial charge is 0.319 e. The highest BCUT2D eigenvalue weighted by atomic mass is 19.1. The number of hydrogen-bond donors (Lipinski definition) is 0. The maximum absolute atomic E-state index is 14.6. The minimum Gasteiger partial charge on any atom is -0.319 e. The second-order valence-electron chi connectivity index (χ2n) is 6.90. The Hall–Kier alpha value is -3.89. The molecule has 1 heterocycles. The molecule has 0 saturated heterocycles. The lowest BCUT2D eigenvalue weighted by atomic mass is 9.77. The Labute approximate surface area is 174 Å². The molecule has 6 heteroatoms. The fourth-order valence-corrected chi connectivity index (χ4v) is 3.87. The highest BCUT2D eigenvalue weighted by Crippen LogP contribution is 2.41. The number of rotatable bonds is 7. The average molecular weight is 397 g/mol. The van der Waals surface area contributed by atoms with Crippen LogP contribution in [-0.4, -0.2) is 16.1 Å². The van der Waals surface area contributed by atoms with E-state index in [-0.39, 0.29) is 12.2 Å². The number of azide groups is 1. The standard InChI is InChI=1S/C24H20FN5/c25-22(16-28-29-26)23-17-30(18-27-23)24(19-10-4-1-5-11-19,20-12-6-2-7-13-20)21-14-8-3-9-15-21/h1-15,17-18,22H,16H2. The first-order chi connectivity index (χ1) is 14.8. The van der Waals surface area contributed by atoms with Crippen LogP contribution in [0, 0.1) is 0 Å². The second-order valence-corrected chi connectivity index (χ2v) is 6.90. The van der Waals surface area contributed by atoms with Crippen LogP contribution in [0.15, 0.2) is 109 Å². The first kappa shape index (κ1) is 19.4. The quantitative estimate of drug-likeness (QED) is 0.162. The van der Waals surface area contributed by atoms with E-state index in [0.717, 1.165) is 16.7 Å².